The second kappa shape index (κ2) is 5.29. The first-order valence-corrected chi connectivity index (χ1v) is 4.92. The van der Waals surface area contributed by atoms with Crippen molar-refractivity contribution < 1.29 is 4.79 Å². The summed E-state index contributed by atoms with van der Waals surface area (Å²) in [5.41, 5.74) is -0.0768. The van der Waals surface area contributed by atoms with Crippen LogP contribution in [-0.4, -0.2) is 22.4 Å². The quantitative estimate of drug-likeness (QED) is 0.760. The average molecular weight is 209 g/mol. The third-order valence-electron chi connectivity index (χ3n) is 1.91. The topological polar surface area (TPSA) is 74.8 Å². The molecule has 82 valence electrons. The van der Waals surface area contributed by atoms with Gasteiger partial charge in [0, 0.05) is 12.7 Å². The molecule has 0 fully saturated rings. The molecule has 0 saturated heterocycles. The van der Waals surface area contributed by atoms with E-state index in [9.17, 15) is 9.59 Å². The zero-order chi connectivity index (χ0) is 11.3. The predicted molar refractivity (Wildman–Crippen MR) is 56.6 cm³/mol. The van der Waals surface area contributed by atoms with Crippen LogP contribution in [0.25, 0.3) is 0 Å². The summed E-state index contributed by atoms with van der Waals surface area (Å²) in [6.07, 6.45) is 3.33. The van der Waals surface area contributed by atoms with Crippen molar-refractivity contribution in [1.29, 1.82) is 0 Å². The molecule has 0 bridgehead atoms. The zero-order valence-electron chi connectivity index (χ0n) is 8.91. The van der Waals surface area contributed by atoms with Gasteiger partial charge in [0.1, 0.15) is 5.69 Å². The fourth-order valence-electron chi connectivity index (χ4n) is 1.03. The molecule has 1 rings (SSSR count). The highest BCUT2D eigenvalue weighted by Gasteiger charge is 2.06. The number of H-pyrrole nitrogens is 1. The summed E-state index contributed by atoms with van der Waals surface area (Å²) in [6.45, 7) is 4.80. The van der Waals surface area contributed by atoms with E-state index in [4.69, 9.17) is 0 Å². The Labute approximate surface area is 87.9 Å². The molecular formula is C10H15N3O2. The molecule has 5 nitrogen and oxygen atoms in total. The Kier molecular flexibility index (Phi) is 4.03. The lowest BCUT2D eigenvalue weighted by molar-refractivity contribution is 0.0946. The Morgan fingerprint density at radius 1 is 1.60 bits per heavy atom. The molecule has 0 atom stereocenters. The highest BCUT2D eigenvalue weighted by molar-refractivity contribution is 5.91. The second-order valence-electron chi connectivity index (χ2n) is 3.73. The lowest BCUT2D eigenvalue weighted by Crippen LogP contribution is -2.27. The Hall–Kier alpha value is -1.65. The first-order chi connectivity index (χ1) is 7.09. The summed E-state index contributed by atoms with van der Waals surface area (Å²) in [7, 11) is 0. The minimum absolute atomic E-state index is 0.235. The number of nitrogens with one attached hydrogen (secondary N) is 2. The fourth-order valence-corrected chi connectivity index (χ4v) is 1.03. The van der Waals surface area contributed by atoms with E-state index in [0.717, 1.165) is 12.6 Å². The minimum atomic E-state index is -0.311. The number of hydrogen-bond donors (Lipinski definition) is 2. The van der Waals surface area contributed by atoms with Crippen molar-refractivity contribution in [2.75, 3.05) is 6.54 Å². The Bertz CT molecular complexity index is 364. The van der Waals surface area contributed by atoms with E-state index in [1.807, 2.05) is 0 Å². The molecule has 5 heteroatoms. The van der Waals surface area contributed by atoms with Crippen molar-refractivity contribution in [2.45, 2.75) is 20.3 Å². The van der Waals surface area contributed by atoms with Crippen LogP contribution in [0, 0.1) is 5.92 Å². The van der Waals surface area contributed by atoms with Gasteiger partial charge in [0.2, 0.25) is 0 Å². The highest BCUT2D eigenvalue weighted by Crippen LogP contribution is 1.97. The summed E-state index contributed by atoms with van der Waals surface area (Å²) in [5, 5.41) is 2.73. The number of aromatic amines is 1. The summed E-state index contributed by atoms with van der Waals surface area (Å²) in [4.78, 5) is 28.3. The van der Waals surface area contributed by atoms with Gasteiger partial charge < -0.3 is 10.3 Å². The molecule has 0 aliphatic rings. The summed E-state index contributed by atoms with van der Waals surface area (Å²) >= 11 is 0. The molecule has 1 heterocycles. The van der Waals surface area contributed by atoms with Gasteiger partial charge in [0.25, 0.3) is 11.5 Å². The first-order valence-electron chi connectivity index (χ1n) is 4.92. The van der Waals surface area contributed by atoms with Gasteiger partial charge in [0.15, 0.2) is 0 Å². The third-order valence-corrected chi connectivity index (χ3v) is 1.91. The molecule has 0 radical (unpaired) electrons. The molecule has 0 spiro atoms. The van der Waals surface area contributed by atoms with Crippen molar-refractivity contribution >= 4 is 5.91 Å². The smallest absolute Gasteiger partial charge is 0.271 e. The number of rotatable bonds is 4. The Morgan fingerprint density at radius 2 is 2.33 bits per heavy atom. The number of nitrogens with zero attached hydrogens (tertiary/aromatic N) is 1. The number of carbonyl (C=O) groups excluding carboxylic acids is 1. The Balaban J connectivity index is 2.47. The molecular weight excluding hydrogens is 194 g/mol. The number of aromatic nitrogens is 2. The van der Waals surface area contributed by atoms with Gasteiger partial charge in [0.05, 0.1) is 6.20 Å². The van der Waals surface area contributed by atoms with E-state index in [1.165, 1.54) is 6.20 Å². The van der Waals surface area contributed by atoms with Crippen LogP contribution in [0.1, 0.15) is 30.8 Å². The number of amides is 1. The average Bonchev–Trinajstić information content (AvgIpc) is 2.18. The summed E-state index contributed by atoms with van der Waals surface area (Å²) < 4.78 is 0. The van der Waals surface area contributed by atoms with Crippen LogP contribution in [0.15, 0.2) is 17.2 Å². The van der Waals surface area contributed by atoms with E-state index in [1.54, 1.807) is 0 Å². The van der Waals surface area contributed by atoms with Crippen LogP contribution in [0.4, 0.5) is 0 Å². The van der Waals surface area contributed by atoms with Gasteiger partial charge in [-0.05, 0) is 12.3 Å². The van der Waals surface area contributed by atoms with Gasteiger partial charge in [-0.2, -0.15) is 0 Å². The molecule has 2 N–H and O–H groups in total. The maximum absolute atomic E-state index is 11.4. The molecule has 0 aromatic carbocycles. The largest absolute Gasteiger partial charge is 0.351 e. The predicted octanol–water partition coefficient (Wildman–Crippen LogP) is 0.546. The van der Waals surface area contributed by atoms with Gasteiger partial charge in [-0.1, -0.05) is 13.8 Å². The maximum atomic E-state index is 11.4. The number of hydrogen-bond acceptors (Lipinski definition) is 3. The minimum Gasteiger partial charge on any atom is -0.351 e. The van der Waals surface area contributed by atoms with Gasteiger partial charge in [-0.3, -0.25) is 9.59 Å². The fraction of sp³-hybridized carbons (Fsp3) is 0.500. The van der Waals surface area contributed by atoms with E-state index in [2.05, 4.69) is 29.1 Å². The molecule has 1 aromatic rings. The molecule has 1 amide bonds. The second-order valence-corrected chi connectivity index (χ2v) is 3.73. The molecule has 0 saturated carbocycles. The molecule has 1 aromatic heterocycles. The van der Waals surface area contributed by atoms with Crippen LogP contribution < -0.4 is 10.9 Å². The summed E-state index contributed by atoms with van der Waals surface area (Å²) in [5.74, 6) is 0.292. The van der Waals surface area contributed by atoms with Crippen molar-refractivity contribution in [3.8, 4) is 0 Å². The summed E-state index contributed by atoms with van der Waals surface area (Å²) in [6, 6.07) is 0. The molecule has 0 aliphatic carbocycles. The van der Waals surface area contributed by atoms with Crippen molar-refractivity contribution in [1.82, 2.24) is 15.3 Å². The van der Waals surface area contributed by atoms with Crippen molar-refractivity contribution in [3.63, 3.8) is 0 Å². The van der Waals surface area contributed by atoms with Crippen molar-refractivity contribution in [3.05, 3.63) is 28.4 Å². The van der Waals surface area contributed by atoms with E-state index in [0.29, 0.717) is 12.5 Å². The maximum Gasteiger partial charge on any atom is 0.271 e. The lowest BCUT2D eigenvalue weighted by Gasteiger charge is -2.05. The SMILES string of the molecule is CC(C)CCNC(=O)c1c[nH]c(=O)cn1. The standard InChI is InChI=1S/C10H15N3O2/c1-7(2)3-4-11-10(15)8-5-13-9(14)6-12-8/h5-7H,3-4H2,1-2H3,(H,11,15)(H,13,14). The molecule has 0 unspecified atom stereocenters. The molecule has 0 aliphatic heterocycles. The van der Waals surface area contributed by atoms with Gasteiger partial charge in [-0.25, -0.2) is 4.98 Å². The van der Waals surface area contributed by atoms with Gasteiger partial charge in [-0.15, -0.1) is 0 Å². The van der Waals surface area contributed by atoms with Crippen LogP contribution in [0.3, 0.4) is 0 Å². The van der Waals surface area contributed by atoms with Crippen LogP contribution in [0.2, 0.25) is 0 Å². The zero-order valence-corrected chi connectivity index (χ0v) is 8.91. The normalized spacial score (nSPS) is 10.3. The monoisotopic (exact) mass is 209 g/mol. The Morgan fingerprint density at radius 3 is 2.87 bits per heavy atom. The van der Waals surface area contributed by atoms with Crippen LogP contribution >= 0.6 is 0 Å². The van der Waals surface area contributed by atoms with Crippen LogP contribution in [0.5, 0.6) is 0 Å². The highest BCUT2D eigenvalue weighted by atomic mass is 16.2. The first kappa shape index (κ1) is 11.4. The number of carbonyl (C=O) groups is 1. The van der Waals surface area contributed by atoms with Crippen molar-refractivity contribution in [2.24, 2.45) is 5.92 Å². The molecule has 15 heavy (non-hydrogen) atoms. The van der Waals surface area contributed by atoms with Crippen LogP contribution in [-0.2, 0) is 0 Å². The van der Waals surface area contributed by atoms with Gasteiger partial charge >= 0.3 is 0 Å². The van der Waals surface area contributed by atoms with E-state index >= 15 is 0 Å². The van der Waals surface area contributed by atoms with E-state index < -0.39 is 0 Å². The van der Waals surface area contributed by atoms with E-state index in [-0.39, 0.29) is 17.2 Å². The third kappa shape index (κ3) is 3.93. The lowest BCUT2D eigenvalue weighted by atomic mass is 10.1.